The van der Waals surface area contributed by atoms with E-state index in [0.717, 1.165) is 41.4 Å². The van der Waals surface area contributed by atoms with E-state index in [-0.39, 0.29) is 24.5 Å². The number of aryl methyl sites for hydroxylation is 1. The number of rotatable bonds is 4. The Hall–Kier alpha value is -1.85. The molecule has 0 spiro atoms. The van der Waals surface area contributed by atoms with E-state index in [1.165, 1.54) is 0 Å². The lowest BCUT2D eigenvalue weighted by molar-refractivity contribution is -0.124. The van der Waals surface area contributed by atoms with E-state index >= 15 is 0 Å². The van der Waals surface area contributed by atoms with Crippen molar-refractivity contribution in [2.24, 2.45) is 0 Å². The number of carbonyl (C=O) groups is 1. The van der Waals surface area contributed by atoms with Gasteiger partial charge in [-0.1, -0.05) is 12.1 Å². The van der Waals surface area contributed by atoms with Crippen LogP contribution in [0.25, 0.3) is 11.0 Å². The fraction of sp³-hybridized carbons (Fsp3) is 0.500. The number of nitrogens with one attached hydrogen (secondary N) is 1. The topological polar surface area (TPSA) is 71.7 Å². The zero-order valence-electron chi connectivity index (χ0n) is 13.5. The lowest BCUT2D eigenvalue weighted by atomic mass is 9.89. The largest absolute Gasteiger partial charge is 0.464 e. The molecule has 1 aliphatic carbocycles. The molecule has 1 aromatic carbocycles. The molecule has 3 atom stereocenters. The monoisotopic (exact) mass is 317 g/mol. The number of aliphatic hydroxyl groups excluding tert-OH is 1. The Bertz CT molecular complexity index is 693. The van der Waals surface area contributed by atoms with Crippen LogP contribution < -0.4 is 5.32 Å². The zero-order valence-corrected chi connectivity index (χ0v) is 13.5. The number of fused-ring (bicyclic) bond motifs is 1. The van der Waals surface area contributed by atoms with Crippen LogP contribution in [0.3, 0.4) is 0 Å². The van der Waals surface area contributed by atoms with Gasteiger partial charge in [0.1, 0.15) is 11.7 Å². The van der Waals surface area contributed by atoms with Crippen molar-refractivity contribution in [3.63, 3.8) is 0 Å². The SMILES string of the molecule is CO[C@@H]1CCC[C@@H](NC(=O)Cc2coc3cc(C)ccc23)[C@H]1O. The molecule has 2 aromatic rings. The highest BCUT2D eigenvalue weighted by atomic mass is 16.5. The van der Waals surface area contributed by atoms with Gasteiger partial charge in [-0.05, 0) is 37.8 Å². The second-order valence-corrected chi connectivity index (χ2v) is 6.31. The molecule has 2 N–H and O–H groups in total. The minimum absolute atomic E-state index is 0.103. The van der Waals surface area contributed by atoms with Crippen molar-refractivity contribution in [2.75, 3.05) is 7.11 Å². The molecule has 1 saturated carbocycles. The Morgan fingerprint density at radius 1 is 1.43 bits per heavy atom. The van der Waals surface area contributed by atoms with Crippen molar-refractivity contribution in [1.29, 1.82) is 0 Å². The fourth-order valence-corrected chi connectivity index (χ4v) is 3.31. The minimum Gasteiger partial charge on any atom is -0.464 e. The molecule has 124 valence electrons. The van der Waals surface area contributed by atoms with Gasteiger partial charge in [0, 0.05) is 18.1 Å². The predicted molar refractivity (Wildman–Crippen MR) is 87.2 cm³/mol. The lowest BCUT2D eigenvalue weighted by Gasteiger charge is -2.34. The maximum absolute atomic E-state index is 12.3. The van der Waals surface area contributed by atoms with Crippen LogP contribution in [0.2, 0.25) is 0 Å². The van der Waals surface area contributed by atoms with Gasteiger partial charge in [0.15, 0.2) is 0 Å². The van der Waals surface area contributed by atoms with Gasteiger partial charge in [0.2, 0.25) is 5.91 Å². The molecule has 5 heteroatoms. The number of ether oxygens (including phenoxy) is 1. The molecule has 0 unspecified atom stereocenters. The Balaban J connectivity index is 1.66. The molecule has 1 amide bonds. The molecule has 0 radical (unpaired) electrons. The quantitative estimate of drug-likeness (QED) is 0.908. The third-order valence-corrected chi connectivity index (χ3v) is 4.61. The van der Waals surface area contributed by atoms with Crippen molar-refractivity contribution >= 4 is 16.9 Å². The van der Waals surface area contributed by atoms with Crippen LogP contribution in [-0.2, 0) is 16.0 Å². The number of methoxy groups -OCH3 is 1. The van der Waals surface area contributed by atoms with Crippen LogP contribution in [-0.4, -0.2) is 36.4 Å². The van der Waals surface area contributed by atoms with Crippen molar-refractivity contribution in [3.8, 4) is 0 Å². The molecule has 23 heavy (non-hydrogen) atoms. The zero-order chi connectivity index (χ0) is 16.4. The first-order valence-corrected chi connectivity index (χ1v) is 8.05. The highest BCUT2D eigenvalue weighted by Crippen LogP contribution is 2.24. The predicted octanol–water partition coefficient (Wildman–Crippen LogP) is 2.33. The number of furan rings is 1. The third-order valence-electron chi connectivity index (χ3n) is 4.61. The summed E-state index contributed by atoms with van der Waals surface area (Å²) >= 11 is 0. The average Bonchev–Trinajstić information content (AvgIpc) is 2.91. The van der Waals surface area contributed by atoms with E-state index in [1.807, 2.05) is 25.1 Å². The number of hydrogen-bond acceptors (Lipinski definition) is 4. The molecule has 1 aromatic heterocycles. The molecule has 1 aliphatic rings. The van der Waals surface area contributed by atoms with Gasteiger partial charge in [-0.3, -0.25) is 4.79 Å². The summed E-state index contributed by atoms with van der Waals surface area (Å²) < 4.78 is 10.8. The summed E-state index contributed by atoms with van der Waals surface area (Å²) in [5.41, 5.74) is 2.79. The van der Waals surface area contributed by atoms with Gasteiger partial charge < -0.3 is 19.6 Å². The van der Waals surface area contributed by atoms with Gasteiger partial charge in [-0.15, -0.1) is 0 Å². The summed E-state index contributed by atoms with van der Waals surface area (Å²) in [6, 6.07) is 5.70. The van der Waals surface area contributed by atoms with Crippen LogP contribution >= 0.6 is 0 Å². The first-order valence-electron chi connectivity index (χ1n) is 8.05. The molecular weight excluding hydrogens is 294 g/mol. The van der Waals surface area contributed by atoms with E-state index in [4.69, 9.17) is 9.15 Å². The normalized spacial score (nSPS) is 24.7. The van der Waals surface area contributed by atoms with E-state index in [9.17, 15) is 9.90 Å². The van der Waals surface area contributed by atoms with Crippen LogP contribution in [0.4, 0.5) is 0 Å². The standard InChI is InChI=1S/C18H23NO4/c1-11-6-7-13-12(10-23-16(13)8-11)9-17(20)19-14-4-3-5-15(22-2)18(14)21/h6-8,10,14-15,18,21H,3-5,9H2,1-2H3,(H,19,20)/t14-,15-,18-/m1/s1. The van der Waals surface area contributed by atoms with Gasteiger partial charge in [-0.25, -0.2) is 0 Å². The van der Waals surface area contributed by atoms with Gasteiger partial charge in [-0.2, -0.15) is 0 Å². The Morgan fingerprint density at radius 3 is 3.04 bits per heavy atom. The second-order valence-electron chi connectivity index (χ2n) is 6.31. The van der Waals surface area contributed by atoms with Crippen molar-refractivity contribution in [3.05, 3.63) is 35.6 Å². The summed E-state index contributed by atoms with van der Waals surface area (Å²) in [6.07, 6.45) is 3.58. The maximum Gasteiger partial charge on any atom is 0.224 e. The summed E-state index contributed by atoms with van der Waals surface area (Å²) in [7, 11) is 1.59. The molecule has 0 aliphatic heterocycles. The van der Waals surface area contributed by atoms with E-state index in [1.54, 1.807) is 13.4 Å². The molecule has 1 fully saturated rings. The number of carbonyl (C=O) groups excluding carboxylic acids is 1. The minimum atomic E-state index is -0.651. The smallest absolute Gasteiger partial charge is 0.224 e. The highest BCUT2D eigenvalue weighted by molar-refractivity contribution is 5.88. The third kappa shape index (κ3) is 3.41. The number of amides is 1. The summed E-state index contributed by atoms with van der Waals surface area (Å²) in [5.74, 6) is -0.103. The Labute approximate surface area is 135 Å². The summed E-state index contributed by atoms with van der Waals surface area (Å²) in [5, 5.41) is 14.1. The number of benzene rings is 1. The van der Waals surface area contributed by atoms with E-state index in [2.05, 4.69) is 5.32 Å². The molecule has 3 rings (SSSR count). The average molecular weight is 317 g/mol. The highest BCUT2D eigenvalue weighted by Gasteiger charge is 2.32. The second kappa shape index (κ2) is 6.72. The molecular formula is C18H23NO4. The Morgan fingerprint density at radius 2 is 2.26 bits per heavy atom. The molecule has 0 saturated heterocycles. The lowest BCUT2D eigenvalue weighted by Crippen LogP contribution is -2.51. The van der Waals surface area contributed by atoms with Crippen LogP contribution in [0.15, 0.2) is 28.9 Å². The van der Waals surface area contributed by atoms with Crippen molar-refractivity contribution in [1.82, 2.24) is 5.32 Å². The van der Waals surface area contributed by atoms with Crippen LogP contribution in [0.5, 0.6) is 0 Å². The van der Waals surface area contributed by atoms with E-state index in [0.29, 0.717) is 0 Å². The number of hydrogen-bond donors (Lipinski definition) is 2. The van der Waals surface area contributed by atoms with Crippen molar-refractivity contribution < 1.29 is 19.1 Å². The van der Waals surface area contributed by atoms with Gasteiger partial charge in [0.05, 0.1) is 24.8 Å². The molecule has 5 nitrogen and oxygen atoms in total. The maximum atomic E-state index is 12.3. The molecule has 0 bridgehead atoms. The summed E-state index contributed by atoms with van der Waals surface area (Å²) in [4.78, 5) is 12.3. The fourth-order valence-electron chi connectivity index (χ4n) is 3.31. The molecule has 1 heterocycles. The van der Waals surface area contributed by atoms with Gasteiger partial charge in [0.25, 0.3) is 0 Å². The summed E-state index contributed by atoms with van der Waals surface area (Å²) in [6.45, 7) is 2.00. The van der Waals surface area contributed by atoms with Gasteiger partial charge >= 0.3 is 0 Å². The Kier molecular flexibility index (Phi) is 4.68. The first-order chi connectivity index (χ1) is 11.1. The number of aliphatic hydroxyl groups is 1. The van der Waals surface area contributed by atoms with Crippen LogP contribution in [0, 0.1) is 6.92 Å². The van der Waals surface area contributed by atoms with Crippen LogP contribution in [0.1, 0.15) is 30.4 Å². The van der Waals surface area contributed by atoms with E-state index < -0.39 is 6.10 Å². The first kappa shape index (κ1) is 16.0. The van der Waals surface area contributed by atoms with Crippen molar-refractivity contribution in [2.45, 2.75) is 50.9 Å².